The van der Waals surface area contributed by atoms with Gasteiger partial charge in [0, 0.05) is 11.6 Å². The predicted octanol–water partition coefficient (Wildman–Crippen LogP) is 4.06. The van der Waals surface area contributed by atoms with E-state index in [2.05, 4.69) is 10.4 Å². The molecular weight excluding hydrogens is 474 g/mol. The molecule has 4 rings (SSSR count). The summed E-state index contributed by atoms with van der Waals surface area (Å²) in [6, 6.07) is 25.7. The molecule has 9 nitrogen and oxygen atoms in total. The van der Waals surface area contributed by atoms with Gasteiger partial charge in [0.25, 0.3) is 0 Å². The molecular formula is C28H29N3O6. The first kappa shape index (κ1) is 25.7. The second-order valence-corrected chi connectivity index (χ2v) is 8.09. The zero-order chi connectivity index (χ0) is 26.0. The molecule has 0 aliphatic rings. The molecule has 9 heteroatoms. The molecule has 0 bridgehead atoms. The fraction of sp³-hybridized carbons (Fsp3) is 0.214. The lowest BCUT2D eigenvalue weighted by atomic mass is 10.2. The Morgan fingerprint density at radius 1 is 0.892 bits per heavy atom. The maximum atomic E-state index is 12.9. The van der Waals surface area contributed by atoms with E-state index in [1.54, 1.807) is 18.2 Å². The quantitative estimate of drug-likeness (QED) is 0.250. The summed E-state index contributed by atoms with van der Waals surface area (Å²) in [5.74, 6) is 1.02. The van der Waals surface area contributed by atoms with Crippen molar-refractivity contribution in [2.45, 2.75) is 33.0 Å². The fourth-order valence-corrected chi connectivity index (χ4v) is 3.60. The summed E-state index contributed by atoms with van der Waals surface area (Å²) in [5.41, 5.74) is 2.28. The lowest BCUT2D eigenvalue weighted by Crippen LogP contribution is -2.21. The average Bonchev–Trinajstić information content (AvgIpc) is 3.31. The van der Waals surface area contributed by atoms with Crippen LogP contribution in [0.4, 0.5) is 5.69 Å². The van der Waals surface area contributed by atoms with Crippen molar-refractivity contribution < 1.29 is 29.2 Å². The van der Waals surface area contributed by atoms with E-state index in [4.69, 9.17) is 14.2 Å². The lowest BCUT2D eigenvalue weighted by Gasteiger charge is -2.14. The third kappa shape index (κ3) is 7.09. The number of hydrogen-bond acceptors (Lipinski definition) is 7. The maximum Gasteiger partial charge on any atom is 0.246 e. The van der Waals surface area contributed by atoms with Crippen molar-refractivity contribution in [2.75, 3.05) is 11.9 Å². The number of para-hydroxylation sites is 3. The topological polar surface area (TPSA) is 115 Å². The molecule has 1 heterocycles. The monoisotopic (exact) mass is 503 g/mol. The van der Waals surface area contributed by atoms with Crippen LogP contribution >= 0.6 is 0 Å². The van der Waals surface area contributed by atoms with E-state index in [0.717, 1.165) is 11.1 Å². The fourth-order valence-electron chi connectivity index (χ4n) is 3.60. The van der Waals surface area contributed by atoms with Gasteiger partial charge in [-0.1, -0.05) is 60.7 Å². The summed E-state index contributed by atoms with van der Waals surface area (Å²) in [5, 5.41) is 26.2. The van der Waals surface area contributed by atoms with Crippen molar-refractivity contribution in [1.82, 2.24) is 9.78 Å². The van der Waals surface area contributed by atoms with Crippen LogP contribution in [0.15, 0.2) is 84.9 Å². The number of rotatable bonds is 12. The molecule has 0 radical (unpaired) electrons. The highest BCUT2D eigenvalue weighted by Crippen LogP contribution is 2.26. The van der Waals surface area contributed by atoms with E-state index in [1.807, 2.05) is 67.6 Å². The standard InChI is InChI=1S/C28H29N3O6/c1-2-35-24-14-8-6-12-21(24)19-37-27-16-23(28(33)34)30-31(27)17-26(32)29-22-13-7-9-15-25(22)36-18-20-10-4-3-5-11-20/h3-16,28,33-34H,2,17-19H2,1H3,(H,29,32). The molecule has 0 atom stereocenters. The minimum Gasteiger partial charge on any atom is -0.493 e. The van der Waals surface area contributed by atoms with Crippen molar-refractivity contribution in [1.29, 1.82) is 0 Å². The number of carbonyl (C=O) groups is 1. The van der Waals surface area contributed by atoms with Crippen molar-refractivity contribution in [2.24, 2.45) is 0 Å². The zero-order valence-corrected chi connectivity index (χ0v) is 20.4. The first-order chi connectivity index (χ1) is 18.0. The summed E-state index contributed by atoms with van der Waals surface area (Å²) in [6.07, 6.45) is -1.81. The lowest BCUT2D eigenvalue weighted by molar-refractivity contribution is -0.117. The number of nitrogens with one attached hydrogen (secondary N) is 1. The molecule has 0 aliphatic heterocycles. The van der Waals surface area contributed by atoms with E-state index >= 15 is 0 Å². The smallest absolute Gasteiger partial charge is 0.246 e. The highest BCUT2D eigenvalue weighted by atomic mass is 16.5. The van der Waals surface area contributed by atoms with E-state index in [0.29, 0.717) is 30.4 Å². The number of nitrogens with zero attached hydrogens (tertiary/aromatic N) is 2. The minimum absolute atomic E-state index is 0.0347. The summed E-state index contributed by atoms with van der Waals surface area (Å²) < 4.78 is 18.7. The number of ether oxygens (including phenoxy) is 3. The van der Waals surface area contributed by atoms with Crippen LogP contribution in [0, 0.1) is 0 Å². The Labute approximate surface area is 214 Å². The zero-order valence-electron chi connectivity index (χ0n) is 20.4. The summed E-state index contributed by atoms with van der Waals surface area (Å²) in [7, 11) is 0. The van der Waals surface area contributed by atoms with Gasteiger partial charge in [0.05, 0.1) is 12.3 Å². The van der Waals surface area contributed by atoms with Crippen LogP contribution in [0.2, 0.25) is 0 Å². The van der Waals surface area contributed by atoms with Crippen molar-refractivity contribution in [3.8, 4) is 17.4 Å². The van der Waals surface area contributed by atoms with Gasteiger partial charge >= 0.3 is 0 Å². The molecule has 192 valence electrons. The number of hydrogen-bond donors (Lipinski definition) is 3. The van der Waals surface area contributed by atoms with Crippen LogP contribution in [0.5, 0.6) is 17.4 Å². The Hall–Kier alpha value is -4.34. The van der Waals surface area contributed by atoms with Gasteiger partial charge in [-0.05, 0) is 30.7 Å². The first-order valence-corrected chi connectivity index (χ1v) is 11.9. The third-order valence-electron chi connectivity index (χ3n) is 5.37. The minimum atomic E-state index is -1.81. The number of aliphatic hydroxyl groups excluding tert-OH is 1. The number of amides is 1. The molecule has 1 amide bonds. The molecule has 0 aliphatic carbocycles. The highest BCUT2D eigenvalue weighted by Gasteiger charge is 2.18. The number of aromatic nitrogens is 2. The van der Waals surface area contributed by atoms with E-state index in [-0.39, 0.29) is 24.7 Å². The van der Waals surface area contributed by atoms with Gasteiger partial charge in [0.1, 0.15) is 37.0 Å². The molecule has 0 unspecified atom stereocenters. The van der Waals surface area contributed by atoms with Crippen LogP contribution in [0.25, 0.3) is 0 Å². The Morgan fingerprint density at radius 2 is 1.59 bits per heavy atom. The van der Waals surface area contributed by atoms with Crippen LogP contribution in [-0.2, 0) is 24.6 Å². The summed E-state index contributed by atoms with van der Waals surface area (Å²) in [4.78, 5) is 12.9. The third-order valence-corrected chi connectivity index (χ3v) is 5.37. The Kier molecular flexibility index (Phi) is 8.75. The van der Waals surface area contributed by atoms with Crippen molar-refractivity contribution in [3.05, 3.63) is 102 Å². The normalized spacial score (nSPS) is 10.8. The Bertz CT molecular complexity index is 1310. The molecule has 0 saturated carbocycles. The maximum absolute atomic E-state index is 12.9. The molecule has 0 fully saturated rings. The molecule has 3 aromatic carbocycles. The van der Waals surface area contributed by atoms with Gasteiger partial charge in [0.2, 0.25) is 11.8 Å². The summed E-state index contributed by atoms with van der Waals surface area (Å²) in [6.45, 7) is 2.67. The van der Waals surface area contributed by atoms with Gasteiger partial charge in [-0.15, -0.1) is 0 Å². The molecule has 3 N–H and O–H groups in total. The first-order valence-electron chi connectivity index (χ1n) is 11.9. The Morgan fingerprint density at radius 3 is 2.35 bits per heavy atom. The van der Waals surface area contributed by atoms with E-state index in [9.17, 15) is 15.0 Å². The van der Waals surface area contributed by atoms with Crippen LogP contribution < -0.4 is 19.5 Å². The second kappa shape index (κ2) is 12.6. The van der Waals surface area contributed by atoms with Crippen LogP contribution in [0.1, 0.15) is 30.0 Å². The molecule has 0 saturated heterocycles. The van der Waals surface area contributed by atoms with Gasteiger partial charge < -0.3 is 29.7 Å². The molecule has 1 aromatic heterocycles. The SMILES string of the molecule is CCOc1ccccc1COc1cc(C(O)O)nn1CC(=O)Nc1ccccc1OCc1ccccc1. The van der Waals surface area contributed by atoms with Gasteiger partial charge in [0.15, 0.2) is 6.29 Å². The number of benzene rings is 3. The highest BCUT2D eigenvalue weighted by molar-refractivity contribution is 5.92. The number of carbonyl (C=O) groups excluding carboxylic acids is 1. The molecule has 0 spiro atoms. The number of anilines is 1. The average molecular weight is 504 g/mol. The van der Waals surface area contributed by atoms with Gasteiger partial charge in [-0.2, -0.15) is 5.10 Å². The van der Waals surface area contributed by atoms with E-state index < -0.39 is 12.2 Å². The Balaban J connectivity index is 1.45. The van der Waals surface area contributed by atoms with Crippen molar-refractivity contribution in [3.63, 3.8) is 0 Å². The largest absolute Gasteiger partial charge is 0.493 e. The van der Waals surface area contributed by atoms with Crippen molar-refractivity contribution >= 4 is 11.6 Å². The predicted molar refractivity (Wildman–Crippen MR) is 137 cm³/mol. The van der Waals surface area contributed by atoms with Crippen LogP contribution in [-0.4, -0.2) is 32.5 Å². The van der Waals surface area contributed by atoms with Crippen LogP contribution in [0.3, 0.4) is 0 Å². The summed E-state index contributed by atoms with van der Waals surface area (Å²) >= 11 is 0. The number of aliphatic hydroxyl groups is 2. The molecule has 37 heavy (non-hydrogen) atoms. The second-order valence-electron chi connectivity index (χ2n) is 8.09. The molecule has 4 aromatic rings. The van der Waals surface area contributed by atoms with Gasteiger partial charge in [-0.25, -0.2) is 4.68 Å². The van der Waals surface area contributed by atoms with E-state index in [1.165, 1.54) is 10.7 Å². The van der Waals surface area contributed by atoms with Gasteiger partial charge in [-0.3, -0.25) is 4.79 Å².